The van der Waals surface area contributed by atoms with Gasteiger partial charge in [-0.3, -0.25) is 10.2 Å². The number of carbonyl (C=O) groups excluding carboxylic acids is 2. The minimum absolute atomic E-state index is 0.136. The van der Waals surface area contributed by atoms with Gasteiger partial charge in [-0.05, 0) is 20.8 Å². The summed E-state index contributed by atoms with van der Waals surface area (Å²) in [6.45, 7) is 6.87. The van der Waals surface area contributed by atoms with E-state index in [0.29, 0.717) is 26.2 Å². The van der Waals surface area contributed by atoms with Crippen LogP contribution < -0.4 is 5.43 Å². The number of carbonyl (C=O) groups is 2. The number of nitrogens with one attached hydrogen (secondary N) is 1. The molecule has 0 bridgehead atoms. The SMILES string of the molecule is CO/C(F)=N/NCC(=O)N1CCN(C(=O)OC(C)(C)C)CC1. The standard InChI is InChI=1S/C13H23FN4O4/c1-13(2,3)22-12(20)18-7-5-17(6-8-18)10(19)9-15-16-11(14)21-4/h15H,5-9H2,1-4H3/b16-11+. The van der Waals surface area contributed by atoms with Crippen molar-refractivity contribution in [1.29, 1.82) is 0 Å². The normalized spacial score (nSPS) is 16.3. The third-order valence-electron chi connectivity index (χ3n) is 2.85. The van der Waals surface area contributed by atoms with Crippen LogP contribution in [0.2, 0.25) is 0 Å². The van der Waals surface area contributed by atoms with Crippen molar-refractivity contribution in [2.24, 2.45) is 5.10 Å². The molecule has 8 nitrogen and oxygen atoms in total. The summed E-state index contributed by atoms with van der Waals surface area (Å²) in [5.74, 6) is -0.225. The maximum absolute atomic E-state index is 12.6. The molecule has 2 amide bonds. The first kappa shape index (κ1) is 18.0. The van der Waals surface area contributed by atoms with Crippen molar-refractivity contribution in [3.63, 3.8) is 0 Å². The van der Waals surface area contributed by atoms with Gasteiger partial charge in [0.05, 0.1) is 7.11 Å². The molecule has 1 heterocycles. The Morgan fingerprint density at radius 1 is 1.18 bits per heavy atom. The Bertz CT molecular complexity index is 428. The van der Waals surface area contributed by atoms with Crippen LogP contribution in [-0.4, -0.2) is 73.4 Å². The average molecular weight is 318 g/mol. The molecule has 0 aromatic carbocycles. The minimum atomic E-state index is -1.04. The fourth-order valence-electron chi connectivity index (χ4n) is 1.79. The van der Waals surface area contributed by atoms with Crippen LogP contribution in [0.3, 0.4) is 0 Å². The summed E-state index contributed by atoms with van der Waals surface area (Å²) < 4.78 is 22.1. The maximum Gasteiger partial charge on any atom is 0.410 e. The molecule has 0 unspecified atom stereocenters. The number of methoxy groups -OCH3 is 1. The predicted molar refractivity (Wildman–Crippen MR) is 77.9 cm³/mol. The molecule has 1 saturated heterocycles. The average Bonchev–Trinajstić information content (AvgIpc) is 2.45. The highest BCUT2D eigenvalue weighted by Gasteiger charge is 2.27. The third-order valence-corrected chi connectivity index (χ3v) is 2.85. The van der Waals surface area contributed by atoms with Gasteiger partial charge in [0, 0.05) is 26.2 Å². The fraction of sp³-hybridized carbons (Fsp3) is 0.769. The fourth-order valence-corrected chi connectivity index (χ4v) is 1.79. The molecule has 1 N–H and O–H groups in total. The summed E-state index contributed by atoms with van der Waals surface area (Å²) >= 11 is 0. The Morgan fingerprint density at radius 2 is 1.73 bits per heavy atom. The van der Waals surface area contributed by atoms with Crippen LogP contribution in [0.4, 0.5) is 9.18 Å². The summed E-state index contributed by atoms with van der Waals surface area (Å²) in [5.41, 5.74) is 1.75. The number of amides is 2. The molecule has 1 rings (SSSR count). The van der Waals surface area contributed by atoms with E-state index in [1.807, 2.05) is 0 Å². The quantitative estimate of drug-likeness (QED) is 0.466. The third kappa shape index (κ3) is 6.15. The molecule has 22 heavy (non-hydrogen) atoms. The summed E-state index contributed by atoms with van der Waals surface area (Å²) in [6, 6.07) is 0. The Kier molecular flexibility index (Phi) is 6.39. The highest BCUT2D eigenvalue weighted by molar-refractivity contribution is 5.79. The number of hydrogen-bond acceptors (Lipinski definition) is 6. The number of piperazine rings is 1. The van der Waals surface area contributed by atoms with Gasteiger partial charge in [-0.2, -0.15) is 0 Å². The number of rotatable bonds is 3. The summed E-state index contributed by atoms with van der Waals surface area (Å²) in [7, 11) is 1.14. The van der Waals surface area contributed by atoms with Crippen LogP contribution in [0.1, 0.15) is 20.8 Å². The van der Waals surface area contributed by atoms with E-state index in [1.54, 1.807) is 30.6 Å². The molecular weight excluding hydrogens is 295 g/mol. The van der Waals surface area contributed by atoms with Crippen LogP contribution in [0.25, 0.3) is 0 Å². The molecule has 0 saturated carbocycles. The summed E-state index contributed by atoms with van der Waals surface area (Å²) in [6.07, 6.45) is -1.42. The second kappa shape index (κ2) is 7.81. The van der Waals surface area contributed by atoms with Crippen molar-refractivity contribution >= 4 is 18.2 Å². The number of halogens is 1. The lowest BCUT2D eigenvalue weighted by Gasteiger charge is -2.35. The topological polar surface area (TPSA) is 83.5 Å². The molecule has 1 aliphatic rings. The van der Waals surface area contributed by atoms with Crippen LogP contribution >= 0.6 is 0 Å². The second-order valence-corrected chi connectivity index (χ2v) is 5.75. The smallest absolute Gasteiger partial charge is 0.410 e. The molecule has 0 atom stereocenters. The Balaban J connectivity index is 2.35. The van der Waals surface area contributed by atoms with E-state index in [2.05, 4.69) is 15.3 Å². The highest BCUT2D eigenvalue weighted by Crippen LogP contribution is 2.11. The van der Waals surface area contributed by atoms with E-state index in [0.717, 1.165) is 7.11 Å². The first-order chi connectivity index (χ1) is 10.2. The molecule has 9 heteroatoms. The van der Waals surface area contributed by atoms with Gasteiger partial charge in [0.15, 0.2) is 0 Å². The first-order valence-corrected chi connectivity index (χ1v) is 6.98. The zero-order chi connectivity index (χ0) is 16.8. The number of hydrogen-bond donors (Lipinski definition) is 1. The lowest BCUT2D eigenvalue weighted by atomic mass is 10.2. The molecule has 126 valence electrons. The van der Waals surface area contributed by atoms with Crippen molar-refractivity contribution in [1.82, 2.24) is 15.2 Å². The van der Waals surface area contributed by atoms with Gasteiger partial charge in [0.1, 0.15) is 12.1 Å². The maximum atomic E-state index is 12.6. The van der Waals surface area contributed by atoms with Crippen LogP contribution in [0.5, 0.6) is 0 Å². The zero-order valence-electron chi connectivity index (χ0n) is 13.4. The summed E-state index contributed by atoms with van der Waals surface area (Å²) in [4.78, 5) is 26.9. The molecule has 1 fully saturated rings. The molecule has 0 radical (unpaired) electrons. The van der Waals surface area contributed by atoms with Gasteiger partial charge in [-0.25, -0.2) is 4.79 Å². The Hall–Kier alpha value is -2.06. The predicted octanol–water partition coefficient (Wildman–Crippen LogP) is 0.542. The molecule has 0 spiro atoms. The molecule has 0 aliphatic carbocycles. The zero-order valence-corrected chi connectivity index (χ0v) is 13.4. The molecule has 1 aliphatic heterocycles. The Labute approximate surface area is 129 Å². The highest BCUT2D eigenvalue weighted by atomic mass is 19.1. The van der Waals surface area contributed by atoms with Gasteiger partial charge >= 0.3 is 12.2 Å². The molecule has 0 aromatic heterocycles. The van der Waals surface area contributed by atoms with Gasteiger partial charge in [0.2, 0.25) is 5.91 Å². The molecule has 0 aromatic rings. The van der Waals surface area contributed by atoms with Crippen LogP contribution in [-0.2, 0) is 14.3 Å². The van der Waals surface area contributed by atoms with Crippen molar-refractivity contribution in [3.8, 4) is 0 Å². The number of nitrogens with zero attached hydrogens (tertiary/aromatic N) is 3. The monoisotopic (exact) mass is 318 g/mol. The van der Waals surface area contributed by atoms with Crippen LogP contribution in [0.15, 0.2) is 5.10 Å². The van der Waals surface area contributed by atoms with E-state index in [1.165, 1.54) is 0 Å². The largest absolute Gasteiger partial charge is 0.459 e. The lowest BCUT2D eigenvalue weighted by Crippen LogP contribution is -2.52. The van der Waals surface area contributed by atoms with Gasteiger partial charge < -0.3 is 19.3 Å². The van der Waals surface area contributed by atoms with E-state index < -0.39 is 11.8 Å². The minimum Gasteiger partial charge on any atom is -0.459 e. The summed E-state index contributed by atoms with van der Waals surface area (Å²) in [5, 5.41) is 3.21. The molecular formula is C13H23FN4O4. The Morgan fingerprint density at radius 3 is 2.23 bits per heavy atom. The van der Waals surface area contributed by atoms with Gasteiger partial charge in [0.25, 0.3) is 0 Å². The van der Waals surface area contributed by atoms with Gasteiger partial charge in [-0.15, -0.1) is 9.49 Å². The van der Waals surface area contributed by atoms with Crippen LogP contribution in [0, 0.1) is 0 Å². The van der Waals surface area contributed by atoms with Crippen molar-refractivity contribution < 1.29 is 23.5 Å². The second-order valence-electron chi connectivity index (χ2n) is 5.75. The van der Waals surface area contributed by atoms with Crippen molar-refractivity contribution in [3.05, 3.63) is 0 Å². The van der Waals surface area contributed by atoms with E-state index >= 15 is 0 Å². The van der Waals surface area contributed by atoms with E-state index in [-0.39, 0.29) is 18.5 Å². The van der Waals surface area contributed by atoms with E-state index in [9.17, 15) is 14.0 Å². The number of hydrazone groups is 1. The van der Waals surface area contributed by atoms with Crippen molar-refractivity contribution in [2.75, 3.05) is 39.8 Å². The lowest BCUT2D eigenvalue weighted by molar-refractivity contribution is -0.132. The first-order valence-electron chi connectivity index (χ1n) is 6.98. The number of ether oxygens (including phenoxy) is 2. The van der Waals surface area contributed by atoms with Gasteiger partial charge in [-0.1, -0.05) is 0 Å². The van der Waals surface area contributed by atoms with Crippen molar-refractivity contribution in [2.45, 2.75) is 26.4 Å². The van der Waals surface area contributed by atoms with E-state index in [4.69, 9.17) is 4.74 Å².